The molecule has 0 spiro atoms. The van der Waals surface area contributed by atoms with Gasteiger partial charge in [-0.1, -0.05) is 60.7 Å². The summed E-state index contributed by atoms with van der Waals surface area (Å²) < 4.78 is 31.9. The molecule has 2 aromatic rings. The molecule has 0 aliphatic rings. The molecule has 0 unspecified atom stereocenters. The van der Waals surface area contributed by atoms with Crippen LogP contribution in [0.2, 0.25) is 0 Å². The first kappa shape index (κ1) is 11.7. The Morgan fingerprint density at radius 2 is 1.35 bits per heavy atom. The number of hydrogen-bond donors (Lipinski definition) is 0. The van der Waals surface area contributed by atoms with Crippen molar-refractivity contribution in [3.05, 3.63) is 71.8 Å². The van der Waals surface area contributed by atoms with E-state index in [9.17, 15) is 8.78 Å². The monoisotopic (exact) mass is 234 g/mol. The topological polar surface area (TPSA) is 9.23 Å². The van der Waals surface area contributed by atoms with E-state index in [0.717, 1.165) is 5.56 Å². The van der Waals surface area contributed by atoms with Crippen LogP contribution in [-0.4, -0.2) is 0 Å². The molecule has 2 rings (SSSR count). The van der Waals surface area contributed by atoms with Gasteiger partial charge in [-0.15, -0.1) is 0 Å². The van der Waals surface area contributed by atoms with Crippen LogP contribution in [0.25, 0.3) is 0 Å². The van der Waals surface area contributed by atoms with Gasteiger partial charge in [0.2, 0.25) is 0 Å². The van der Waals surface area contributed by atoms with Crippen LogP contribution in [0, 0.1) is 0 Å². The zero-order valence-corrected chi connectivity index (χ0v) is 9.14. The summed E-state index contributed by atoms with van der Waals surface area (Å²) in [5.41, 5.74) is 0.596. The van der Waals surface area contributed by atoms with E-state index in [0.29, 0.717) is 0 Å². The fourth-order valence-corrected chi connectivity index (χ4v) is 1.46. The third-order valence-electron chi connectivity index (χ3n) is 2.37. The van der Waals surface area contributed by atoms with Crippen molar-refractivity contribution in [3.8, 4) is 0 Å². The second-order valence-corrected chi connectivity index (χ2v) is 3.66. The molecule has 17 heavy (non-hydrogen) atoms. The fraction of sp³-hybridized carbons (Fsp3) is 0.143. The highest BCUT2D eigenvalue weighted by Crippen LogP contribution is 2.29. The predicted octanol–water partition coefficient (Wildman–Crippen LogP) is 3.95. The van der Waals surface area contributed by atoms with Crippen LogP contribution in [0.1, 0.15) is 11.1 Å². The Morgan fingerprint density at radius 1 is 0.824 bits per heavy atom. The van der Waals surface area contributed by atoms with Crippen LogP contribution in [-0.2, 0) is 17.5 Å². The number of benzene rings is 2. The maximum atomic E-state index is 13.6. The molecule has 0 radical (unpaired) electrons. The molecule has 0 N–H and O–H groups in total. The summed E-state index contributed by atoms with van der Waals surface area (Å²) in [6.07, 6.45) is -3.25. The minimum atomic E-state index is -3.25. The van der Waals surface area contributed by atoms with E-state index in [1.807, 2.05) is 6.07 Å². The van der Waals surface area contributed by atoms with Crippen LogP contribution in [0.4, 0.5) is 8.78 Å². The van der Waals surface area contributed by atoms with E-state index in [1.54, 1.807) is 42.5 Å². The van der Waals surface area contributed by atoms with Gasteiger partial charge in [-0.3, -0.25) is 0 Å². The van der Waals surface area contributed by atoms with Gasteiger partial charge in [-0.25, -0.2) is 0 Å². The Kier molecular flexibility index (Phi) is 3.49. The Bertz CT molecular complexity index is 454. The largest absolute Gasteiger partial charge is 0.383 e. The van der Waals surface area contributed by atoms with Crippen molar-refractivity contribution in [1.29, 1.82) is 0 Å². The molecule has 0 bridgehead atoms. The summed E-state index contributed by atoms with van der Waals surface area (Å²) in [5.74, 6) is 0. The smallest absolute Gasteiger partial charge is 0.312 e. The van der Waals surface area contributed by atoms with Gasteiger partial charge in [0.15, 0.2) is 0 Å². The van der Waals surface area contributed by atoms with Crippen molar-refractivity contribution in [2.75, 3.05) is 0 Å². The average molecular weight is 234 g/mol. The van der Waals surface area contributed by atoms with Crippen LogP contribution < -0.4 is 0 Å². The van der Waals surface area contributed by atoms with Gasteiger partial charge >= 0.3 is 6.11 Å². The molecule has 0 aromatic heterocycles. The Balaban J connectivity index is 2.03. The van der Waals surface area contributed by atoms with Gasteiger partial charge in [-0.05, 0) is 5.56 Å². The molecule has 0 aliphatic carbocycles. The molecule has 3 heteroatoms. The van der Waals surface area contributed by atoms with Gasteiger partial charge in [-0.2, -0.15) is 8.78 Å². The SMILES string of the molecule is FC(F)(OCc1ccccc1)c1ccccc1. The lowest BCUT2D eigenvalue weighted by Crippen LogP contribution is -2.17. The van der Waals surface area contributed by atoms with E-state index in [4.69, 9.17) is 0 Å². The van der Waals surface area contributed by atoms with Gasteiger partial charge in [0.25, 0.3) is 0 Å². The van der Waals surface area contributed by atoms with Crippen molar-refractivity contribution in [1.82, 2.24) is 0 Å². The highest BCUT2D eigenvalue weighted by Gasteiger charge is 2.32. The minimum absolute atomic E-state index is 0.108. The first-order chi connectivity index (χ1) is 8.18. The van der Waals surface area contributed by atoms with E-state index in [-0.39, 0.29) is 12.2 Å². The number of rotatable bonds is 4. The molecule has 0 heterocycles. The molecule has 0 saturated heterocycles. The Hall–Kier alpha value is -1.74. The number of hydrogen-bond acceptors (Lipinski definition) is 1. The zero-order valence-electron chi connectivity index (χ0n) is 9.14. The average Bonchev–Trinajstić information content (AvgIpc) is 2.39. The summed E-state index contributed by atoms with van der Waals surface area (Å²) in [6, 6.07) is 16.4. The molecular formula is C14H12F2O. The van der Waals surface area contributed by atoms with E-state index in [1.165, 1.54) is 12.1 Å². The fourth-order valence-electron chi connectivity index (χ4n) is 1.46. The highest BCUT2D eigenvalue weighted by atomic mass is 19.3. The lowest BCUT2D eigenvalue weighted by atomic mass is 10.2. The highest BCUT2D eigenvalue weighted by molar-refractivity contribution is 5.18. The van der Waals surface area contributed by atoms with Gasteiger partial charge in [0.05, 0.1) is 12.2 Å². The summed E-state index contributed by atoms with van der Waals surface area (Å²) >= 11 is 0. The quantitative estimate of drug-likeness (QED) is 0.778. The molecule has 0 amide bonds. The minimum Gasteiger partial charge on any atom is -0.312 e. The van der Waals surface area contributed by atoms with E-state index in [2.05, 4.69) is 4.74 Å². The molecule has 1 nitrogen and oxygen atoms in total. The van der Waals surface area contributed by atoms with Crippen molar-refractivity contribution < 1.29 is 13.5 Å². The molecule has 0 aliphatic heterocycles. The number of ether oxygens (including phenoxy) is 1. The Morgan fingerprint density at radius 3 is 1.94 bits per heavy atom. The number of halogens is 2. The van der Waals surface area contributed by atoms with Gasteiger partial charge < -0.3 is 4.74 Å². The Labute approximate surface area is 98.7 Å². The van der Waals surface area contributed by atoms with Crippen LogP contribution in [0.15, 0.2) is 60.7 Å². The lowest BCUT2D eigenvalue weighted by Gasteiger charge is -2.17. The van der Waals surface area contributed by atoms with Crippen molar-refractivity contribution in [2.45, 2.75) is 12.7 Å². The molecule has 0 fully saturated rings. The second-order valence-electron chi connectivity index (χ2n) is 3.66. The third kappa shape index (κ3) is 3.11. The van der Waals surface area contributed by atoms with Crippen molar-refractivity contribution >= 4 is 0 Å². The van der Waals surface area contributed by atoms with Crippen molar-refractivity contribution in [2.24, 2.45) is 0 Å². The molecule has 88 valence electrons. The van der Waals surface area contributed by atoms with Crippen LogP contribution in [0.3, 0.4) is 0 Å². The molecular weight excluding hydrogens is 222 g/mol. The zero-order chi connectivity index (χ0) is 12.1. The standard InChI is InChI=1S/C14H12F2O/c15-14(16,13-9-5-2-6-10-13)17-11-12-7-3-1-4-8-12/h1-10H,11H2. The molecule has 2 aromatic carbocycles. The molecule has 0 saturated carbocycles. The summed E-state index contributed by atoms with van der Waals surface area (Å²) in [6.45, 7) is -0.108. The summed E-state index contributed by atoms with van der Waals surface area (Å²) in [5, 5.41) is 0. The second kappa shape index (κ2) is 5.06. The van der Waals surface area contributed by atoms with Crippen LogP contribution >= 0.6 is 0 Å². The first-order valence-corrected chi connectivity index (χ1v) is 5.30. The number of alkyl halides is 2. The maximum absolute atomic E-state index is 13.6. The van der Waals surface area contributed by atoms with E-state index >= 15 is 0 Å². The van der Waals surface area contributed by atoms with E-state index < -0.39 is 6.11 Å². The van der Waals surface area contributed by atoms with Gasteiger partial charge in [0, 0.05) is 0 Å². The van der Waals surface area contributed by atoms with Crippen LogP contribution in [0.5, 0.6) is 0 Å². The predicted molar refractivity (Wildman–Crippen MR) is 61.6 cm³/mol. The lowest BCUT2D eigenvalue weighted by molar-refractivity contribution is -0.255. The maximum Gasteiger partial charge on any atom is 0.383 e. The summed E-state index contributed by atoms with van der Waals surface area (Å²) in [7, 11) is 0. The normalized spacial score (nSPS) is 11.4. The molecule has 0 atom stereocenters. The first-order valence-electron chi connectivity index (χ1n) is 5.30. The van der Waals surface area contributed by atoms with Crippen molar-refractivity contribution in [3.63, 3.8) is 0 Å². The van der Waals surface area contributed by atoms with Gasteiger partial charge in [0.1, 0.15) is 0 Å². The third-order valence-corrected chi connectivity index (χ3v) is 2.37. The summed E-state index contributed by atoms with van der Waals surface area (Å²) in [4.78, 5) is 0.